The number of morpholine rings is 1. The minimum absolute atomic E-state index is 0.0515. The van der Waals surface area contributed by atoms with Crippen molar-refractivity contribution in [1.29, 1.82) is 0 Å². The van der Waals surface area contributed by atoms with Crippen LogP contribution < -0.4 is 5.73 Å². The van der Waals surface area contributed by atoms with Gasteiger partial charge in [-0.05, 0) is 12.8 Å². The number of aliphatic hydroxyl groups excluding tert-OH is 1. The molecule has 0 aromatic carbocycles. The van der Waals surface area contributed by atoms with Gasteiger partial charge >= 0.3 is 0 Å². The Labute approximate surface area is 107 Å². The lowest BCUT2D eigenvalue weighted by Crippen LogP contribution is -2.58. The summed E-state index contributed by atoms with van der Waals surface area (Å²) in [7, 11) is 0. The molecule has 0 saturated carbocycles. The fourth-order valence-corrected chi connectivity index (χ4v) is 2.65. The molecule has 6 nitrogen and oxygen atoms in total. The first-order chi connectivity index (χ1) is 8.73. The van der Waals surface area contributed by atoms with Gasteiger partial charge in [-0.2, -0.15) is 0 Å². The summed E-state index contributed by atoms with van der Waals surface area (Å²) in [5.74, 6) is 0.0515. The Balaban J connectivity index is 2.11. The Morgan fingerprint density at radius 2 is 2.06 bits per heavy atom. The van der Waals surface area contributed by atoms with Crippen molar-refractivity contribution in [3.63, 3.8) is 0 Å². The van der Waals surface area contributed by atoms with Gasteiger partial charge in [0.25, 0.3) is 0 Å². The summed E-state index contributed by atoms with van der Waals surface area (Å²) >= 11 is 0. The zero-order valence-corrected chi connectivity index (χ0v) is 10.6. The van der Waals surface area contributed by atoms with E-state index in [1.165, 1.54) is 0 Å². The van der Waals surface area contributed by atoms with E-state index >= 15 is 0 Å². The lowest BCUT2D eigenvalue weighted by molar-refractivity contribution is -0.157. The summed E-state index contributed by atoms with van der Waals surface area (Å²) in [6.45, 7) is 2.90. The summed E-state index contributed by atoms with van der Waals surface area (Å²) in [4.78, 5) is 14.4. The van der Waals surface area contributed by atoms with Crippen LogP contribution in [0.2, 0.25) is 0 Å². The SMILES string of the molecule is NCC1(C(=O)N2CCOCC2CO)CCOCC1. The summed E-state index contributed by atoms with van der Waals surface area (Å²) in [5, 5.41) is 9.34. The average Bonchev–Trinajstić information content (AvgIpc) is 2.47. The molecule has 0 bridgehead atoms. The zero-order valence-electron chi connectivity index (χ0n) is 10.6. The summed E-state index contributed by atoms with van der Waals surface area (Å²) in [6.07, 6.45) is 1.33. The Morgan fingerprint density at radius 3 is 2.67 bits per heavy atom. The Hall–Kier alpha value is -0.690. The highest BCUT2D eigenvalue weighted by Crippen LogP contribution is 2.32. The van der Waals surface area contributed by atoms with E-state index < -0.39 is 5.41 Å². The van der Waals surface area contributed by atoms with Crippen LogP contribution in [0.4, 0.5) is 0 Å². The van der Waals surface area contributed by atoms with E-state index in [4.69, 9.17) is 15.2 Å². The predicted octanol–water partition coefficient (Wildman–Crippen LogP) is -1.04. The molecule has 1 atom stereocenters. The number of rotatable bonds is 3. The quantitative estimate of drug-likeness (QED) is 0.675. The molecular formula is C12H22N2O4. The van der Waals surface area contributed by atoms with Crippen molar-refractivity contribution in [2.24, 2.45) is 11.1 Å². The van der Waals surface area contributed by atoms with Crippen LogP contribution in [-0.2, 0) is 14.3 Å². The van der Waals surface area contributed by atoms with Gasteiger partial charge in [-0.1, -0.05) is 0 Å². The largest absolute Gasteiger partial charge is 0.394 e. The Bertz CT molecular complexity index is 292. The normalized spacial score (nSPS) is 28.1. The molecule has 1 unspecified atom stereocenters. The van der Waals surface area contributed by atoms with Crippen LogP contribution in [0.25, 0.3) is 0 Å². The van der Waals surface area contributed by atoms with Crippen molar-refractivity contribution in [1.82, 2.24) is 4.90 Å². The number of hydrogen-bond donors (Lipinski definition) is 2. The van der Waals surface area contributed by atoms with Crippen LogP contribution in [0.15, 0.2) is 0 Å². The fraction of sp³-hybridized carbons (Fsp3) is 0.917. The Morgan fingerprint density at radius 1 is 1.33 bits per heavy atom. The molecule has 1 amide bonds. The van der Waals surface area contributed by atoms with Gasteiger partial charge < -0.3 is 25.2 Å². The molecule has 0 spiro atoms. The standard InChI is InChI=1S/C12H22N2O4/c13-9-12(1-4-17-5-2-12)11(16)14-3-6-18-8-10(14)7-15/h10,15H,1-9,13H2. The minimum atomic E-state index is -0.511. The van der Waals surface area contributed by atoms with E-state index in [1.807, 2.05) is 0 Å². The molecule has 2 heterocycles. The highest BCUT2D eigenvalue weighted by molar-refractivity contribution is 5.83. The zero-order chi connectivity index (χ0) is 13.0. The van der Waals surface area contributed by atoms with Crippen LogP contribution in [0.3, 0.4) is 0 Å². The molecule has 2 aliphatic rings. The minimum Gasteiger partial charge on any atom is -0.394 e. The molecule has 3 N–H and O–H groups in total. The summed E-state index contributed by atoms with van der Waals surface area (Å²) in [5.41, 5.74) is 5.33. The second kappa shape index (κ2) is 5.97. The van der Waals surface area contributed by atoms with E-state index in [0.717, 1.165) is 0 Å². The number of carbonyl (C=O) groups is 1. The van der Waals surface area contributed by atoms with E-state index in [-0.39, 0.29) is 18.6 Å². The van der Waals surface area contributed by atoms with Crippen molar-refractivity contribution >= 4 is 5.91 Å². The maximum atomic E-state index is 12.7. The van der Waals surface area contributed by atoms with Gasteiger partial charge in [0.1, 0.15) is 0 Å². The molecule has 0 aromatic heterocycles. The first-order valence-corrected chi connectivity index (χ1v) is 6.51. The lowest BCUT2D eigenvalue weighted by atomic mass is 9.78. The third kappa shape index (κ3) is 2.51. The first kappa shape index (κ1) is 13.7. The van der Waals surface area contributed by atoms with E-state index in [0.29, 0.717) is 52.4 Å². The summed E-state index contributed by atoms with van der Waals surface area (Å²) in [6, 6.07) is -0.238. The topological polar surface area (TPSA) is 85.0 Å². The van der Waals surface area contributed by atoms with E-state index in [2.05, 4.69) is 0 Å². The van der Waals surface area contributed by atoms with E-state index in [9.17, 15) is 9.90 Å². The number of carbonyl (C=O) groups excluding carboxylic acids is 1. The molecule has 0 radical (unpaired) electrons. The average molecular weight is 258 g/mol. The van der Waals surface area contributed by atoms with Crippen molar-refractivity contribution in [2.75, 3.05) is 46.1 Å². The molecular weight excluding hydrogens is 236 g/mol. The predicted molar refractivity (Wildman–Crippen MR) is 64.9 cm³/mol. The fourth-order valence-electron chi connectivity index (χ4n) is 2.65. The molecule has 2 saturated heterocycles. The lowest BCUT2D eigenvalue weighted by Gasteiger charge is -2.43. The summed E-state index contributed by atoms with van der Waals surface area (Å²) < 4.78 is 10.6. The molecule has 0 aromatic rings. The van der Waals surface area contributed by atoms with Crippen molar-refractivity contribution < 1.29 is 19.4 Å². The number of amides is 1. The molecule has 18 heavy (non-hydrogen) atoms. The van der Waals surface area contributed by atoms with Crippen LogP contribution in [0.1, 0.15) is 12.8 Å². The molecule has 2 fully saturated rings. The molecule has 0 aliphatic carbocycles. The third-order valence-corrected chi connectivity index (χ3v) is 3.99. The number of aliphatic hydroxyl groups is 1. The monoisotopic (exact) mass is 258 g/mol. The van der Waals surface area contributed by atoms with Gasteiger partial charge in [-0.3, -0.25) is 4.79 Å². The first-order valence-electron chi connectivity index (χ1n) is 6.51. The molecule has 2 rings (SSSR count). The third-order valence-electron chi connectivity index (χ3n) is 3.99. The van der Waals surface area contributed by atoms with Gasteiger partial charge in [-0.15, -0.1) is 0 Å². The van der Waals surface area contributed by atoms with Crippen LogP contribution in [-0.4, -0.2) is 68.1 Å². The van der Waals surface area contributed by atoms with Gasteiger partial charge in [0.05, 0.1) is 31.3 Å². The van der Waals surface area contributed by atoms with Gasteiger partial charge in [0, 0.05) is 26.3 Å². The number of nitrogens with zero attached hydrogens (tertiary/aromatic N) is 1. The van der Waals surface area contributed by atoms with Crippen molar-refractivity contribution in [3.8, 4) is 0 Å². The van der Waals surface area contributed by atoms with Crippen LogP contribution in [0, 0.1) is 5.41 Å². The van der Waals surface area contributed by atoms with Crippen molar-refractivity contribution in [2.45, 2.75) is 18.9 Å². The maximum Gasteiger partial charge on any atom is 0.230 e. The number of hydrogen-bond acceptors (Lipinski definition) is 5. The highest BCUT2D eigenvalue weighted by atomic mass is 16.5. The van der Waals surface area contributed by atoms with Crippen LogP contribution >= 0.6 is 0 Å². The van der Waals surface area contributed by atoms with Gasteiger partial charge in [0.15, 0.2) is 0 Å². The molecule has 2 aliphatic heterocycles. The van der Waals surface area contributed by atoms with E-state index in [1.54, 1.807) is 4.90 Å². The molecule has 104 valence electrons. The van der Waals surface area contributed by atoms with Gasteiger partial charge in [-0.25, -0.2) is 0 Å². The Kier molecular flexibility index (Phi) is 4.55. The maximum absolute atomic E-state index is 12.7. The highest BCUT2D eigenvalue weighted by Gasteiger charge is 2.43. The number of nitrogens with two attached hydrogens (primary N) is 1. The molecule has 6 heteroatoms. The van der Waals surface area contributed by atoms with Crippen molar-refractivity contribution in [3.05, 3.63) is 0 Å². The van der Waals surface area contributed by atoms with Crippen LogP contribution in [0.5, 0.6) is 0 Å². The smallest absolute Gasteiger partial charge is 0.230 e. The second-order valence-corrected chi connectivity index (χ2v) is 5.01. The number of ether oxygens (including phenoxy) is 2. The van der Waals surface area contributed by atoms with Gasteiger partial charge in [0.2, 0.25) is 5.91 Å². The second-order valence-electron chi connectivity index (χ2n) is 5.01.